The van der Waals surface area contributed by atoms with Crippen molar-refractivity contribution in [2.45, 2.75) is 122 Å². The Morgan fingerprint density at radius 2 is 1.49 bits per heavy atom. The van der Waals surface area contributed by atoms with Crippen LogP contribution in [0, 0.1) is 0 Å². The number of carbonyl (C=O) groups excluding carboxylic acids is 1. The topological polar surface area (TPSA) is 84.2 Å². The first-order chi connectivity index (χ1) is 20.1. The van der Waals surface area contributed by atoms with E-state index in [-0.39, 0.29) is 5.91 Å². The Morgan fingerprint density at radius 1 is 0.878 bits per heavy atom. The van der Waals surface area contributed by atoms with Crippen LogP contribution in [0.1, 0.15) is 121 Å². The van der Waals surface area contributed by atoms with E-state index in [1.54, 1.807) is 6.26 Å². The van der Waals surface area contributed by atoms with E-state index in [2.05, 4.69) is 17.1 Å². The van der Waals surface area contributed by atoms with Gasteiger partial charge in [-0.3, -0.25) is 9.69 Å². The van der Waals surface area contributed by atoms with Gasteiger partial charge in [-0.15, -0.1) is 0 Å². The minimum atomic E-state index is -0.884. The number of fused-ring (bicyclic) bond motifs is 1. The summed E-state index contributed by atoms with van der Waals surface area (Å²) in [7, 11) is 1.96. The molecule has 0 saturated carbocycles. The number of nitrogens with zero attached hydrogens (tertiary/aromatic N) is 1. The van der Waals surface area contributed by atoms with Gasteiger partial charge in [-0.2, -0.15) is 0 Å². The second-order valence-corrected chi connectivity index (χ2v) is 11.6. The highest BCUT2D eigenvalue weighted by Gasteiger charge is 2.26. The van der Waals surface area contributed by atoms with Crippen LogP contribution in [0.15, 0.2) is 41.0 Å². The fraction of sp³-hybridized carbons (Fsp3) is 0.676. The second-order valence-electron chi connectivity index (χ2n) is 11.6. The molecule has 2 heterocycles. The molecule has 1 aromatic carbocycles. The average Bonchev–Trinajstić information content (AvgIpc) is 3.49. The number of nitrogens with one attached hydrogen (secondary N) is 1. The third-order valence-corrected chi connectivity index (χ3v) is 7.91. The van der Waals surface area contributed by atoms with Gasteiger partial charge in [0.2, 0.25) is 5.91 Å². The van der Waals surface area contributed by atoms with E-state index in [4.69, 9.17) is 13.9 Å². The molecule has 0 spiro atoms. The van der Waals surface area contributed by atoms with Gasteiger partial charge in [-0.05, 0) is 43.3 Å². The summed E-state index contributed by atoms with van der Waals surface area (Å²) in [5, 5.41) is 14.5. The van der Waals surface area contributed by atoms with E-state index in [0.29, 0.717) is 49.8 Å². The lowest BCUT2D eigenvalue weighted by Crippen LogP contribution is -2.46. The molecule has 1 aliphatic heterocycles. The molecule has 7 nitrogen and oxygen atoms in total. The van der Waals surface area contributed by atoms with E-state index in [0.717, 1.165) is 18.6 Å². The quantitative estimate of drug-likeness (QED) is 0.142. The molecule has 1 unspecified atom stereocenters. The van der Waals surface area contributed by atoms with Crippen molar-refractivity contribution in [3.05, 3.63) is 47.9 Å². The minimum Gasteiger partial charge on any atom is -0.486 e. The Balaban J connectivity index is 1.37. The van der Waals surface area contributed by atoms with Crippen LogP contribution in [0.2, 0.25) is 0 Å². The number of hydrogen-bond donors (Lipinski definition) is 2. The summed E-state index contributed by atoms with van der Waals surface area (Å²) in [6.07, 6.45) is 19.3. The summed E-state index contributed by atoms with van der Waals surface area (Å²) in [4.78, 5) is 15.0. The molecule has 0 bridgehead atoms. The van der Waals surface area contributed by atoms with Crippen molar-refractivity contribution in [2.75, 3.05) is 26.8 Å². The van der Waals surface area contributed by atoms with Gasteiger partial charge in [-0.25, -0.2) is 0 Å². The first-order valence-electron chi connectivity index (χ1n) is 16.1. The predicted octanol–water partition coefficient (Wildman–Crippen LogP) is 7.57. The van der Waals surface area contributed by atoms with Crippen molar-refractivity contribution in [3.8, 4) is 11.5 Å². The van der Waals surface area contributed by atoms with Crippen LogP contribution in [0.4, 0.5) is 0 Å². The molecule has 0 saturated heterocycles. The number of amides is 1. The molecule has 0 fully saturated rings. The van der Waals surface area contributed by atoms with Crippen LogP contribution in [-0.2, 0) is 11.3 Å². The maximum Gasteiger partial charge on any atom is 0.220 e. The van der Waals surface area contributed by atoms with Crippen LogP contribution in [0.3, 0.4) is 0 Å². The van der Waals surface area contributed by atoms with Crippen LogP contribution >= 0.6 is 0 Å². The minimum absolute atomic E-state index is 0.0167. The molecule has 0 aliphatic carbocycles. The lowest BCUT2D eigenvalue weighted by molar-refractivity contribution is -0.123. The molecule has 1 aromatic heterocycles. The first-order valence-corrected chi connectivity index (χ1v) is 16.1. The lowest BCUT2D eigenvalue weighted by atomic mass is 10.00. The van der Waals surface area contributed by atoms with Gasteiger partial charge < -0.3 is 24.3 Å². The number of ether oxygens (including phenoxy) is 2. The smallest absolute Gasteiger partial charge is 0.220 e. The summed E-state index contributed by atoms with van der Waals surface area (Å²) in [5.41, 5.74) is 0.697. The zero-order valence-electron chi connectivity index (χ0n) is 25.6. The zero-order valence-corrected chi connectivity index (χ0v) is 25.6. The molecule has 1 amide bonds. The summed E-state index contributed by atoms with van der Waals surface area (Å²) >= 11 is 0. The highest BCUT2D eigenvalue weighted by molar-refractivity contribution is 5.76. The molecular formula is C34H54N2O5. The molecule has 2 N–H and O–H groups in total. The van der Waals surface area contributed by atoms with E-state index in [9.17, 15) is 9.90 Å². The Kier molecular flexibility index (Phi) is 15.8. The van der Waals surface area contributed by atoms with Crippen LogP contribution in [0.5, 0.6) is 11.5 Å². The Labute approximate surface area is 248 Å². The highest BCUT2D eigenvalue weighted by Crippen LogP contribution is 2.33. The Bertz CT molecular complexity index is 964. The third kappa shape index (κ3) is 12.9. The summed E-state index contributed by atoms with van der Waals surface area (Å²) in [6.45, 7) is 4.33. The Hall–Kier alpha value is -2.51. The number of carbonyl (C=O) groups is 1. The summed E-state index contributed by atoms with van der Waals surface area (Å²) in [5.74, 6) is 2.13. The van der Waals surface area contributed by atoms with Gasteiger partial charge in [-0.1, -0.05) is 96.5 Å². The molecule has 230 valence electrons. The fourth-order valence-corrected chi connectivity index (χ4v) is 5.53. The molecule has 1 aliphatic rings. The number of aliphatic hydroxyl groups is 1. The number of likely N-dealkylation sites (N-methyl/N-ethyl adjacent to an activating group) is 1. The number of rotatable bonds is 22. The van der Waals surface area contributed by atoms with Crippen molar-refractivity contribution in [3.63, 3.8) is 0 Å². The Morgan fingerprint density at radius 3 is 2.10 bits per heavy atom. The van der Waals surface area contributed by atoms with E-state index in [1.165, 1.54) is 77.0 Å². The van der Waals surface area contributed by atoms with Crippen molar-refractivity contribution in [1.29, 1.82) is 0 Å². The number of aliphatic hydroxyl groups excluding tert-OH is 1. The maximum absolute atomic E-state index is 12.9. The van der Waals surface area contributed by atoms with Gasteiger partial charge >= 0.3 is 0 Å². The molecule has 3 rings (SSSR count). The van der Waals surface area contributed by atoms with Crippen molar-refractivity contribution in [1.82, 2.24) is 10.2 Å². The lowest BCUT2D eigenvalue weighted by Gasteiger charge is -2.29. The zero-order chi connectivity index (χ0) is 29.1. The highest BCUT2D eigenvalue weighted by atomic mass is 16.6. The van der Waals surface area contributed by atoms with Crippen molar-refractivity contribution in [2.24, 2.45) is 0 Å². The van der Waals surface area contributed by atoms with Gasteiger partial charge in [0.15, 0.2) is 11.5 Å². The number of hydrogen-bond acceptors (Lipinski definition) is 6. The SMILES string of the molecule is CCCCCCCCCCCCCCCCC(=O)NC(CN(C)Cc1ccco1)[C@H](O)c1ccc2c(c1)OCCO2. The molecule has 0 radical (unpaired) electrons. The molecule has 2 aromatic rings. The molecular weight excluding hydrogens is 516 g/mol. The number of benzene rings is 1. The maximum atomic E-state index is 12.9. The number of furan rings is 1. The molecule has 2 atom stereocenters. The van der Waals surface area contributed by atoms with Crippen LogP contribution in [-0.4, -0.2) is 48.8 Å². The first kappa shape index (κ1) is 33.0. The fourth-order valence-electron chi connectivity index (χ4n) is 5.53. The summed E-state index contributed by atoms with van der Waals surface area (Å²) < 4.78 is 16.8. The second kappa shape index (κ2) is 19.6. The average molecular weight is 571 g/mol. The van der Waals surface area contributed by atoms with E-state index >= 15 is 0 Å². The van der Waals surface area contributed by atoms with Crippen molar-refractivity contribution < 1.29 is 23.8 Å². The van der Waals surface area contributed by atoms with Crippen LogP contribution in [0.25, 0.3) is 0 Å². The van der Waals surface area contributed by atoms with Crippen molar-refractivity contribution >= 4 is 5.91 Å². The molecule has 7 heteroatoms. The number of unbranched alkanes of at least 4 members (excludes halogenated alkanes) is 13. The van der Waals surface area contributed by atoms with E-state index in [1.807, 2.05) is 37.4 Å². The van der Waals surface area contributed by atoms with Gasteiger partial charge in [0, 0.05) is 13.0 Å². The summed E-state index contributed by atoms with van der Waals surface area (Å²) in [6, 6.07) is 8.81. The normalized spacial score (nSPS) is 14.2. The molecule has 41 heavy (non-hydrogen) atoms. The predicted molar refractivity (Wildman–Crippen MR) is 164 cm³/mol. The van der Waals surface area contributed by atoms with Gasteiger partial charge in [0.1, 0.15) is 25.1 Å². The van der Waals surface area contributed by atoms with Gasteiger partial charge in [0.05, 0.1) is 18.8 Å². The largest absolute Gasteiger partial charge is 0.486 e. The van der Waals surface area contributed by atoms with E-state index < -0.39 is 12.1 Å². The monoisotopic (exact) mass is 570 g/mol. The van der Waals surface area contributed by atoms with Crippen LogP contribution < -0.4 is 14.8 Å². The third-order valence-electron chi connectivity index (χ3n) is 7.91. The van der Waals surface area contributed by atoms with Gasteiger partial charge in [0.25, 0.3) is 0 Å². The standard InChI is InChI=1S/C34H54N2O5/c1-3-4-5-6-7-8-9-10-11-12-13-14-15-16-19-33(37)35-30(27-36(2)26-29-18-17-22-39-29)34(38)28-20-21-31-32(25-28)41-24-23-40-31/h17-18,20-22,25,30,34,38H,3-16,19,23-24,26-27H2,1-2H3,(H,35,37)/t30?,34-/m1/s1.